The fourth-order valence-corrected chi connectivity index (χ4v) is 2.29. The molecule has 0 aliphatic carbocycles. The van der Waals surface area contributed by atoms with E-state index in [9.17, 15) is 9.59 Å². The summed E-state index contributed by atoms with van der Waals surface area (Å²) in [6.45, 7) is 8.52. The molecule has 0 aliphatic rings. The Morgan fingerprint density at radius 1 is 1.00 bits per heavy atom. The molecule has 0 unspecified atom stereocenters. The molecule has 1 aromatic heterocycles. The van der Waals surface area contributed by atoms with E-state index < -0.39 is 0 Å². The number of hydrogen-bond acceptors (Lipinski definition) is 5. The zero-order valence-corrected chi connectivity index (χ0v) is 13.8. The first-order chi connectivity index (χ1) is 10.8. The molecule has 0 spiro atoms. The van der Waals surface area contributed by atoms with Crippen LogP contribution >= 0.6 is 0 Å². The number of guanidine groups is 1. The molecule has 0 bridgehead atoms. The first-order valence-corrected chi connectivity index (χ1v) is 7.15. The van der Waals surface area contributed by atoms with Crippen molar-refractivity contribution in [2.75, 3.05) is 0 Å². The molecule has 1 aromatic carbocycles. The molecular weight excluding hydrogens is 294 g/mol. The van der Waals surface area contributed by atoms with Crippen LogP contribution < -0.4 is 10.6 Å². The molecule has 2 N–H and O–H groups in total. The summed E-state index contributed by atoms with van der Waals surface area (Å²) in [6.07, 6.45) is 0. The maximum absolute atomic E-state index is 11.2. The Labute approximate surface area is 134 Å². The fraction of sp³-hybridized carbons (Fsp3) is 0.312. The number of nitrogens with zero attached hydrogens (tertiary/aromatic N) is 3. The molecule has 7 nitrogen and oxygen atoms in total. The quantitative estimate of drug-likeness (QED) is 0.620. The van der Waals surface area contributed by atoms with Gasteiger partial charge in [-0.2, -0.15) is 4.99 Å². The maximum Gasteiger partial charge on any atom is 0.253 e. The monoisotopic (exact) mass is 313 g/mol. The van der Waals surface area contributed by atoms with Gasteiger partial charge in [-0.15, -0.1) is 0 Å². The lowest BCUT2D eigenvalue weighted by molar-refractivity contribution is -0.117. The van der Waals surface area contributed by atoms with Crippen molar-refractivity contribution in [1.82, 2.24) is 20.6 Å². The minimum absolute atomic E-state index is 0.00788. The van der Waals surface area contributed by atoms with Gasteiger partial charge in [-0.05, 0) is 32.4 Å². The smallest absolute Gasteiger partial charge is 0.253 e. The van der Waals surface area contributed by atoms with Crippen LogP contribution in [0.5, 0.6) is 0 Å². The summed E-state index contributed by atoms with van der Waals surface area (Å²) in [6, 6.07) is 4.05. The van der Waals surface area contributed by atoms with Crippen molar-refractivity contribution in [3.05, 3.63) is 29.0 Å². The molecule has 0 radical (unpaired) electrons. The lowest BCUT2D eigenvalue weighted by Gasteiger charge is -2.09. The molecule has 0 atom stereocenters. The van der Waals surface area contributed by atoms with Crippen LogP contribution in [-0.2, 0) is 9.59 Å². The largest absolute Gasteiger partial charge is 0.296 e. The molecule has 0 saturated carbocycles. The number of rotatable bonds is 1. The lowest BCUT2D eigenvalue weighted by atomic mass is 10.1. The van der Waals surface area contributed by atoms with E-state index in [2.05, 4.69) is 25.6 Å². The first-order valence-electron chi connectivity index (χ1n) is 7.15. The Hall–Kier alpha value is -2.83. The van der Waals surface area contributed by atoms with Gasteiger partial charge in [-0.1, -0.05) is 11.6 Å². The van der Waals surface area contributed by atoms with E-state index in [1.165, 1.54) is 13.8 Å². The van der Waals surface area contributed by atoms with Crippen molar-refractivity contribution < 1.29 is 9.59 Å². The van der Waals surface area contributed by atoms with Crippen LogP contribution in [0.4, 0.5) is 5.95 Å². The van der Waals surface area contributed by atoms with E-state index in [0.29, 0.717) is 0 Å². The fourth-order valence-electron chi connectivity index (χ4n) is 2.29. The van der Waals surface area contributed by atoms with Crippen molar-refractivity contribution in [3.8, 4) is 0 Å². The Balaban J connectivity index is 2.55. The summed E-state index contributed by atoms with van der Waals surface area (Å²) in [7, 11) is 0. The van der Waals surface area contributed by atoms with Crippen molar-refractivity contribution in [1.29, 1.82) is 0 Å². The second kappa shape index (κ2) is 6.51. The zero-order chi connectivity index (χ0) is 17.1. The molecule has 0 aliphatic heterocycles. The highest BCUT2D eigenvalue weighted by molar-refractivity contribution is 6.04. The van der Waals surface area contributed by atoms with E-state index >= 15 is 0 Å². The predicted octanol–water partition coefficient (Wildman–Crippen LogP) is 1.81. The number of hydrogen-bond donors (Lipinski definition) is 2. The van der Waals surface area contributed by atoms with Gasteiger partial charge in [0.25, 0.3) is 5.95 Å². The Morgan fingerprint density at radius 3 is 2.17 bits per heavy atom. The number of amides is 2. The second-order valence-corrected chi connectivity index (χ2v) is 5.41. The zero-order valence-electron chi connectivity index (χ0n) is 13.8. The van der Waals surface area contributed by atoms with Crippen LogP contribution in [0.15, 0.2) is 17.1 Å². The van der Waals surface area contributed by atoms with Gasteiger partial charge >= 0.3 is 0 Å². The summed E-state index contributed by atoms with van der Waals surface area (Å²) in [5, 5.41) is 5.86. The molecule has 2 amide bonds. The minimum atomic E-state index is -0.346. The lowest BCUT2D eigenvalue weighted by Crippen LogP contribution is -2.41. The molecule has 1 heterocycles. The number of carbonyl (C=O) groups excluding carboxylic acids is 2. The Kier molecular flexibility index (Phi) is 4.68. The van der Waals surface area contributed by atoms with Crippen molar-refractivity contribution in [2.45, 2.75) is 34.6 Å². The van der Waals surface area contributed by atoms with E-state index in [0.717, 1.165) is 27.7 Å². The summed E-state index contributed by atoms with van der Waals surface area (Å²) < 4.78 is 0. The topological polar surface area (TPSA) is 96.3 Å². The molecule has 0 fully saturated rings. The molecule has 120 valence electrons. The second-order valence-electron chi connectivity index (χ2n) is 5.41. The summed E-state index contributed by atoms with van der Waals surface area (Å²) in [5.41, 5.74) is 3.73. The number of carbonyl (C=O) groups is 2. The van der Waals surface area contributed by atoms with E-state index in [4.69, 9.17) is 0 Å². The highest BCUT2D eigenvalue weighted by Gasteiger charge is 2.10. The minimum Gasteiger partial charge on any atom is -0.296 e. The Bertz CT molecular complexity index is 809. The van der Waals surface area contributed by atoms with Crippen molar-refractivity contribution >= 4 is 34.6 Å². The maximum atomic E-state index is 11.2. The van der Waals surface area contributed by atoms with Gasteiger partial charge < -0.3 is 0 Å². The molecular formula is C16H19N5O2. The van der Waals surface area contributed by atoms with Gasteiger partial charge in [-0.25, -0.2) is 9.97 Å². The average molecular weight is 313 g/mol. The molecule has 2 aromatic rings. The third-order valence-corrected chi connectivity index (χ3v) is 3.11. The molecule has 23 heavy (non-hydrogen) atoms. The number of aryl methyl sites for hydroxylation is 3. The third-order valence-electron chi connectivity index (χ3n) is 3.11. The van der Waals surface area contributed by atoms with Gasteiger partial charge in [-0.3, -0.25) is 20.2 Å². The first kappa shape index (κ1) is 16.5. The van der Waals surface area contributed by atoms with Gasteiger partial charge in [0.1, 0.15) is 0 Å². The Morgan fingerprint density at radius 2 is 1.61 bits per heavy atom. The highest BCUT2D eigenvalue weighted by Crippen LogP contribution is 2.23. The number of aromatic nitrogens is 2. The van der Waals surface area contributed by atoms with Gasteiger partial charge in [0.2, 0.25) is 17.8 Å². The van der Waals surface area contributed by atoms with Crippen LogP contribution in [0.25, 0.3) is 10.9 Å². The SMILES string of the molecule is CC(=O)NC(=Nc1nc(C)c2cc(C)cc(C)c2n1)NC(C)=O. The van der Waals surface area contributed by atoms with Crippen LogP contribution in [0, 0.1) is 20.8 Å². The van der Waals surface area contributed by atoms with Crippen LogP contribution in [0.2, 0.25) is 0 Å². The molecule has 2 rings (SSSR count). The normalized spacial score (nSPS) is 10.3. The van der Waals surface area contributed by atoms with Crippen LogP contribution in [0.1, 0.15) is 30.7 Å². The number of fused-ring (bicyclic) bond motifs is 1. The number of nitrogens with one attached hydrogen (secondary N) is 2. The van der Waals surface area contributed by atoms with E-state index in [1.807, 2.05) is 32.9 Å². The van der Waals surface area contributed by atoms with Gasteiger partial charge in [0.05, 0.1) is 11.2 Å². The van der Waals surface area contributed by atoms with Crippen molar-refractivity contribution in [2.24, 2.45) is 4.99 Å². The summed E-state index contributed by atoms with van der Waals surface area (Å²) >= 11 is 0. The summed E-state index contributed by atoms with van der Waals surface area (Å²) in [4.78, 5) is 35.3. The van der Waals surface area contributed by atoms with Crippen LogP contribution in [0.3, 0.4) is 0 Å². The van der Waals surface area contributed by atoms with E-state index in [-0.39, 0.29) is 23.7 Å². The number of benzene rings is 1. The predicted molar refractivity (Wildman–Crippen MR) is 88.5 cm³/mol. The standard InChI is InChI=1S/C16H19N5O2/c1-8-6-9(2)14-13(7-8)10(3)17-15(20-14)21-16(18-11(4)22)19-12(5)23/h6-7H,1-5H3,(H2,17,18,19,20,21,22,23). The number of aliphatic imine (C=N–C) groups is 1. The van der Waals surface area contributed by atoms with Gasteiger partial charge in [0.15, 0.2) is 0 Å². The van der Waals surface area contributed by atoms with Crippen molar-refractivity contribution in [3.63, 3.8) is 0 Å². The highest BCUT2D eigenvalue weighted by atomic mass is 16.2. The third kappa shape index (κ3) is 4.09. The van der Waals surface area contributed by atoms with Crippen LogP contribution in [-0.4, -0.2) is 27.7 Å². The average Bonchev–Trinajstić information content (AvgIpc) is 2.38. The molecule has 0 saturated heterocycles. The molecule has 7 heteroatoms. The van der Waals surface area contributed by atoms with Gasteiger partial charge in [0, 0.05) is 19.2 Å². The van der Waals surface area contributed by atoms with E-state index in [1.54, 1.807) is 0 Å². The summed E-state index contributed by atoms with van der Waals surface area (Å²) in [5.74, 6) is -0.503.